The Labute approximate surface area is 121 Å². The van der Waals surface area contributed by atoms with E-state index in [2.05, 4.69) is 0 Å². The molecule has 2 aromatic rings. The minimum atomic E-state index is -0.490. The van der Waals surface area contributed by atoms with Gasteiger partial charge in [0.15, 0.2) is 0 Å². The van der Waals surface area contributed by atoms with Crippen molar-refractivity contribution in [1.82, 2.24) is 0 Å². The first-order valence-corrected chi connectivity index (χ1v) is 6.79. The molecule has 1 unspecified atom stereocenters. The number of esters is 1. The minimum absolute atomic E-state index is 0.376. The fourth-order valence-corrected chi connectivity index (χ4v) is 2.72. The van der Waals surface area contributed by atoms with Gasteiger partial charge in [0.25, 0.3) is 0 Å². The Morgan fingerprint density at radius 3 is 2.71 bits per heavy atom. The second-order valence-corrected chi connectivity index (χ2v) is 5.81. The molecule has 1 aromatic heterocycles. The highest BCUT2D eigenvalue weighted by atomic mass is 16.6. The van der Waals surface area contributed by atoms with E-state index in [4.69, 9.17) is 13.9 Å². The molecule has 0 aliphatic carbocycles. The fourth-order valence-electron chi connectivity index (χ4n) is 2.72. The van der Waals surface area contributed by atoms with Crippen LogP contribution in [0.15, 0.2) is 33.5 Å². The molecule has 2 heterocycles. The number of carbonyl (C=O) groups is 1. The van der Waals surface area contributed by atoms with E-state index in [-0.39, 0.29) is 5.97 Å². The van der Waals surface area contributed by atoms with Crippen molar-refractivity contribution >= 4 is 16.9 Å². The van der Waals surface area contributed by atoms with Gasteiger partial charge in [-0.05, 0) is 32.0 Å². The third-order valence-electron chi connectivity index (χ3n) is 3.48. The minimum Gasteiger partial charge on any atom is -0.487 e. The van der Waals surface area contributed by atoms with Crippen LogP contribution < -0.4 is 10.4 Å². The van der Waals surface area contributed by atoms with Gasteiger partial charge < -0.3 is 13.9 Å². The molecule has 5 heteroatoms. The van der Waals surface area contributed by atoms with E-state index >= 15 is 0 Å². The predicted molar refractivity (Wildman–Crippen MR) is 76.3 cm³/mol. The van der Waals surface area contributed by atoms with Crippen molar-refractivity contribution in [2.24, 2.45) is 0 Å². The summed E-state index contributed by atoms with van der Waals surface area (Å²) in [5.41, 5.74) is 0.138. The van der Waals surface area contributed by atoms with Gasteiger partial charge in [-0.1, -0.05) is 0 Å². The Morgan fingerprint density at radius 1 is 1.29 bits per heavy atom. The second-order valence-electron chi connectivity index (χ2n) is 5.81. The Hall–Kier alpha value is -2.30. The molecule has 0 saturated heterocycles. The highest BCUT2D eigenvalue weighted by Gasteiger charge is 2.37. The summed E-state index contributed by atoms with van der Waals surface area (Å²) in [6, 6.07) is 6.69. The molecule has 1 aliphatic heterocycles. The van der Waals surface area contributed by atoms with Crippen LogP contribution in [0.4, 0.5) is 0 Å². The molecule has 0 spiro atoms. The van der Waals surface area contributed by atoms with Crippen LogP contribution in [0.1, 0.15) is 38.9 Å². The molecule has 0 amide bonds. The van der Waals surface area contributed by atoms with Crippen LogP contribution >= 0.6 is 0 Å². The van der Waals surface area contributed by atoms with Gasteiger partial charge in [0.1, 0.15) is 23.0 Å². The third-order valence-corrected chi connectivity index (χ3v) is 3.48. The largest absolute Gasteiger partial charge is 0.487 e. The van der Waals surface area contributed by atoms with Crippen LogP contribution in [0.2, 0.25) is 0 Å². The number of fused-ring (bicyclic) bond motifs is 3. The lowest BCUT2D eigenvalue weighted by Gasteiger charge is -2.37. The lowest BCUT2D eigenvalue weighted by Crippen LogP contribution is -2.36. The SMILES string of the molecule is CC(=O)OC1CC(C)(C)Oc2ccc3ccc(=O)oc3c21. The lowest BCUT2D eigenvalue weighted by atomic mass is 9.90. The molecule has 1 atom stereocenters. The quantitative estimate of drug-likeness (QED) is 0.596. The molecule has 0 fully saturated rings. The van der Waals surface area contributed by atoms with Gasteiger partial charge in [-0.2, -0.15) is 0 Å². The van der Waals surface area contributed by atoms with Crippen LogP contribution in [0.25, 0.3) is 11.0 Å². The average molecular weight is 288 g/mol. The molecular weight excluding hydrogens is 272 g/mol. The first-order chi connectivity index (χ1) is 9.85. The molecule has 110 valence electrons. The van der Waals surface area contributed by atoms with E-state index in [9.17, 15) is 9.59 Å². The zero-order valence-electron chi connectivity index (χ0n) is 12.1. The Morgan fingerprint density at radius 2 is 2.00 bits per heavy atom. The van der Waals surface area contributed by atoms with Crippen molar-refractivity contribution in [1.29, 1.82) is 0 Å². The average Bonchev–Trinajstić information content (AvgIpc) is 2.35. The Balaban J connectivity index is 2.26. The summed E-state index contributed by atoms with van der Waals surface area (Å²) in [7, 11) is 0. The topological polar surface area (TPSA) is 65.7 Å². The fraction of sp³-hybridized carbons (Fsp3) is 0.375. The van der Waals surface area contributed by atoms with Gasteiger partial charge in [-0.15, -0.1) is 0 Å². The molecule has 1 aromatic carbocycles. The molecule has 0 saturated carbocycles. The number of ether oxygens (including phenoxy) is 2. The van der Waals surface area contributed by atoms with Crippen LogP contribution in [0.3, 0.4) is 0 Å². The van der Waals surface area contributed by atoms with Gasteiger partial charge in [-0.3, -0.25) is 4.79 Å². The summed E-state index contributed by atoms with van der Waals surface area (Å²) in [5, 5.41) is 0.772. The van der Waals surface area contributed by atoms with E-state index in [1.165, 1.54) is 13.0 Å². The van der Waals surface area contributed by atoms with Gasteiger partial charge in [0.05, 0.1) is 5.56 Å². The van der Waals surface area contributed by atoms with Crippen molar-refractivity contribution in [3.8, 4) is 5.75 Å². The lowest BCUT2D eigenvalue weighted by molar-refractivity contribution is -0.150. The van der Waals surface area contributed by atoms with Crippen molar-refractivity contribution < 1.29 is 18.7 Å². The monoisotopic (exact) mass is 288 g/mol. The molecule has 1 aliphatic rings. The van der Waals surface area contributed by atoms with Crippen LogP contribution in [0, 0.1) is 0 Å². The molecular formula is C16H16O5. The number of benzene rings is 1. The van der Waals surface area contributed by atoms with Crippen LogP contribution in [0.5, 0.6) is 5.75 Å². The molecule has 0 bridgehead atoms. The smallest absolute Gasteiger partial charge is 0.336 e. The van der Waals surface area contributed by atoms with Crippen molar-refractivity contribution in [3.63, 3.8) is 0 Å². The zero-order chi connectivity index (χ0) is 15.2. The van der Waals surface area contributed by atoms with Gasteiger partial charge in [-0.25, -0.2) is 4.79 Å². The Kier molecular flexibility index (Phi) is 3.01. The van der Waals surface area contributed by atoms with E-state index < -0.39 is 17.3 Å². The number of hydrogen-bond acceptors (Lipinski definition) is 5. The predicted octanol–water partition coefficient (Wildman–Crippen LogP) is 2.96. The Bertz CT molecular complexity index is 772. The van der Waals surface area contributed by atoms with E-state index in [1.54, 1.807) is 6.07 Å². The van der Waals surface area contributed by atoms with Crippen LogP contribution in [-0.2, 0) is 9.53 Å². The molecule has 5 nitrogen and oxygen atoms in total. The molecule has 3 rings (SSSR count). The summed E-state index contributed by atoms with van der Waals surface area (Å²) in [4.78, 5) is 22.9. The maximum absolute atomic E-state index is 11.5. The summed E-state index contributed by atoms with van der Waals surface area (Å²) >= 11 is 0. The van der Waals surface area contributed by atoms with Gasteiger partial charge in [0, 0.05) is 24.8 Å². The number of hydrogen-bond donors (Lipinski definition) is 0. The standard InChI is InChI=1S/C16H16O5/c1-9(17)19-12-8-16(2,3)21-11-6-4-10-5-7-13(18)20-15(10)14(11)12/h4-7,12H,8H2,1-3H3. The first-order valence-electron chi connectivity index (χ1n) is 6.79. The van der Waals surface area contributed by atoms with E-state index in [0.29, 0.717) is 23.3 Å². The van der Waals surface area contributed by atoms with Crippen molar-refractivity contribution in [3.05, 3.63) is 40.2 Å². The van der Waals surface area contributed by atoms with E-state index in [1.807, 2.05) is 26.0 Å². The molecule has 21 heavy (non-hydrogen) atoms. The van der Waals surface area contributed by atoms with Crippen molar-refractivity contribution in [2.75, 3.05) is 0 Å². The highest BCUT2D eigenvalue weighted by Crippen LogP contribution is 2.44. The summed E-state index contributed by atoms with van der Waals surface area (Å²) in [5.74, 6) is 0.207. The second kappa shape index (κ2) is 4.62. The first kappa shape index (κ1) is 13.7. The summed E-state index contributed by atoms with van der Waals surface area (Å²) in [6.07, 6.45) is 0.00704. The van der Waals surface area contributed by atoms with Gasteiger partial charge >= 0.3 is 11.6 Å². The summed E-state index contributed by atoms with van der Waals surface area (Å²) in [6.45, 7) is 5.22. The van der Waals surface area contributed by atoms with E-state index in [0.717, 1.165) is 5.39 Å². The molecule has 0 N–H and O–H groups in total. The molecule has 0 radical (unpaired) electrons. The van der Waals surface area contributed by atoms with Crippen molar-refractivity contribution in [2.45, 2.75) is 38.9 Å². The highest BCUT2D eigenvalue weighted by molar-refractivity contribution is 5.83. The maximum Gasteiger partial charge on any atom is 0.336 e. The van der Waals surface area contributed by atoms with Gasteiger partial charge in [0.2, 0.25) is 0 Å². The third kappa shape index (κ3) is 2.51. The number of rotatable bonds is 1. The van der Waals surface area contributed by atoms with Crippen LogP contribution in [-0.4, -0.2) is 11.6 Å². The summed E-state index contributed by atoms with van der Waals surface area (Å²) < 4.78 is 16.7. The normalized spacial score (nSPS) is 19.7. The number of carbonyl (C=O) groups excluding carboxylic acids is 1. The zero-order valence-corrected chi connectivity index (χ0v) is 12.1. The maximum atomic E-state index is 11.5.